The van der Waals surface area contributed by atoms with Crippen molar-refractivity contribution in [3.05, 3.63) is 0 Å². The maximum Gasteiger partial charge on any atom is 0.243 e. The van der Waals surface area contributed by atoms with Crippen molar-refractivity contribution in [1.82, 2.24) is 20.4 Å². The summed E-state index contributed by atoms with van der Waals surface area (Å²) in [6.45, 7) is 6.22. The monoisotopic (exact) mass is 745 g/mol. The first-order valence-electron chi connectivity index (χ1n) is 22.5. The first kappa shape index (κ1) is 46.7. The maximum atomic E-state index is 13.1. The highest BCUT2D eigenvalue weighted by Crippen LogP contribution is 2.22. The number of likely N-dealkylation sites (tertiary alicyclic amines) is 2. The zero-order valence-electron chi connectivity index (χ0n) is 34.3. The number of hydrogen-bond donors (Lipinski definition) is 2. The van der Waals surface area contributed by atoms with E-state index in [0.717, 1.165) is 51.2 Å². The molecule has 0 bridgehead atoms. The first-order valence-corrected chi connectivity index (χ1v) is 22.5. The molecule has 2 N–H and O–H groups in total. The lowest BCUT2D eigenvalue weighted by atomic mass is 10.0. The van der Waals surface area contributed by atoms with Gasteiger partial charge < -0.3 is 25.2 Å². The molecule has 0 aliphatic carbocycles. The largest absolute Gasteiger partial charge is 0.354 e. The summed E-state index contributed by atoms with van der Waals surface area (Å²) in [5, 5.41) is 5.88. The van der Waals surface area contributed by atoms with Crippen molar-refractivity contribution in [2.45, 2.75) is 231 Å². The van der Waals surface area contributed by atoms with Gasteiger partial charge in [0.1, 0.15) is 18.4 Å². The highest BCUT2D eigenvalue weighted by atomic mass is 16.2. The summed E-state index contributed by atoms with van der Waals surface area (Å²) in [5.41, 5.74) is 0. The molecule has 2 rings (SSSR count). The van der Waals surface area contributed by atoms with E-state index in [-0.39, 0.29) is 29.7 Å². The lowest BCUT2D eigenvalue weighted by Gasteiger charge is -2.25. The average Bonchev–Trinajstić information content (AvgIpc) is 3.86. The molecule has 0 spiro atoms. The van der Waals surface area contributed by atoms with Gasteiger partial charge in [0.2, 0.25) is 23.6 Å². The highest BCUT2D eigenvalue weighted by molar-refractivity contribution is 5.90. The van der Waals surface area contributed by atoms with E-state index in [1.54, 1.807) is 9.80 Å². The van der Waals surface area contributed by atoms with E-state index in [0.29, 0.717) is 64.6 Å². The number of unbranched alkanes of at least 4 members (excludes halogenated alkanes) is 21. The molecule has 0 aromatic carbocycles. The van der Waals surface area contributed by atoms with E-state index >= 15 is 0 Å². The molecular formula is C44H80N4O5. The second kappa shape index (κ2) is 30.8. The molecule has 53 heavy (non-hydrogen) atoms. The summed E-state index contributed by atoms with van der Waals surface area (Å²) < 4.78 is 0. The molecule has 0 aromatic rings. The third-order valence-corrected chi connectivity index (χ3v) is 11.5. The summed E-state index contributed by atoms with van der Waals surface area (Å²) in [5.74, 6) is -0.179. The van der Waals surface area contributed by atoms with Crippen LogP contribution in [0.4, 0.5) is 0 Å². The molecule has 3 unspecified atom stereocenters. The predicted molar refractivity (Wildman–Crippen MR) is 216 cm³/mol. The Morgan fingerprint density at radius 3 is 1.36 bits per heavy atom. The molecule has 9 nitrogen and oxygen atoms in total. The summed E-state index contributed by atoms with van der Waals surface area (Å²) >= 11 is 0. The molecule has 2 saturated heterocycles. The van der Waals surface area contributed by atoms with Crippen LogP contribution in [0.3, 0.4) is 0 Å². The van der Waals surface area contributed by atoms with Gasteiger partial charge in [0, 0.05) is 32.5 Å². The molecule has 0 saturated carbocycles. The van der Waals surface area contributed by atoms with Crippen LogP contribution in [0.15, 0.2) is 0 Å². The second-order valence-electron chi connectivity index (χ2n) is 16.1. The van der Waals surface area contributed by atoms with Gasteiger partial charge in [-0.05, 0) is 57.8 Å². The highest BCUT2D eigenvalue weighted by Gasteiger charge is 2.35. The quantitative estimate of drug-likeness (QED) is 0.0513. The Kier molecular flexibility index (Phi) is 27.2. The van der Waals surface area contributed by atoms with Gasteiger partial charge in [-0.1, -0.05) is 142 Å². The number of nitrogens with zero attached hydrogens (tertiary/aromatic N) is 2. The van der Waals surface area contributed by atoms with Crippen molar-refractivity contribution in [1.29, 1.82) is 0 Å². The number of aldehydes is 1. The zero-order chi connectivity index (χ0) is 38.4. The van der Waals surface area contributed by atoms with Crippen LogP contribution in [0.1, 0.15) is 213 Å². The van der Waals surface area contributed by atoms with Crippen molar-refractivity contribution in [2.75, 3.05) is 19.6 Å². The number of carbonyl (C=O) groups is 5. The van der Waals surface area contributed by atoms with Gasteiger partial charge in [-0.3, -0.25) is 19.2 Å². The van der Waals surface area contributed by atoms with Gasteiger partial charge >= 0.3 is 0 Å². The van der Waals surface area contributed by atoms with Gasteiger partial charge in [0.25, 0.3) is 0 Å². The third kappa shape index (κ3) is 20.7. The van der Waals surface area contributed by atoms with Crippen molar-refractivity contribution >= 4 is 29.9 Å². The predicted octanol–water partition coefficient (Wildman–Crippen LogP) is 9.34. The summed E-state index contributed by atoms with van der Waals surface area (Å²) in [4.78, 5) is 67.3. The summed E-state index contributed by atoms with van der Waals surface area (Å²) in [6.07, 6.45) is 33.9. The SMILES string of the molecule is CCCCCCCCCCCCCC(=O)N1CCCC1C(=O)NCCCCC(C=O)NC(=O)C1CCCN1C(=O)CCCCCCCCCCCCC. The van der Waals surface area contributed by atoms with Crippen LogP contribution in [0.2, 0.25) is 0 Å². The molecule has 306 valence electrons. The molecule has 3 atom stereocenters. The van der Waals surface area contributed by atoms with Crippen LogP contribution in [-0.4, -0.2) is 77.5 Å². The lowest BCUT2D eigenvalue weighted by molar-refractivity contribution is -0.139. The van der Waals surface area contributed by atoms with Crippen LogP contribution in [0.25, 0.3) is 0 Å². The van der Waals surface area contributed by atoms with Crippen molar-refractivity contribution in [2.24, 2.45) is 0 Å². The fraction of sp³-hybridized carbons (Fsp3) is 0.886. The van der Waals surface area contributed by atoms with Gasteiger partial charge in [-0.15, -0.1) is 0 Å². The molecule has 2 aliphatic heterocycles. The zero-order valence-corrected chi connectivity index (χ0v) is 34.3. The Morgan fingerprint density at radius 1 is 0.547 bits per heavy atom. The molecular weight excluding hydrogens is 665 g/mol. The topological polar surface area (TPSA) is 116 Å². The van der Waals surface area contributed by atoms with Crippen molar-refractivity contribution in [3.63, 3.8) is 0 Å². The normalized spacial score (nSPS) is 17.6. The van der Waals surface area contributed by atoms with Gasteiger partial charge in [0.05, 0.1) is 6.04 Å². The Hall–Kier alpha value is -2.45. The van der Waals surface area contributed by atoms with Crippen LogP contribution in [0.5, 0.6) is 0 Å². The number of carbonyl (C=O) groups excluding carboxylic acids is 5. The molecule has 0 radical (unpaired) electrons. The van der Waals surface area contributed by atoms with Crippen molar-refractivity contribution < 1.29 is 24.0 Å². The minimum atomic E-state index is -0.610. The number of hydrogen-bond acceptors (Lipinski definition) is 5. The molecule has 4 amide bonds. The van der Waals surface area contributed by atoms with E-state index in [4.69, 9.17) is 0 Å². The van der Waals surface area contributed by atoms with E-state index in [9.17, 15) is 24.0 Å². The van der Waals surface area contributed by atoms with E-state index in [2.05, 4.69) is 24.5 Å². The van der Waals surface area contributed by atoms with Gasteiger partial charge in [-0.2, -0.15) is 0 Å². The number of nitrogens with one attached hydrogen (secondary N) is 2. The van der Waals surface area contributed by atoms with Gasteiger partial charge in [0.15, 0.2) is 0 Å². The van der Waals surface area contributed by atoms with Crippen LogP contribution >= 0.6 is 0 Å². The third-order valence-electron chi connectivity index (χ3n) is 11.5. The summed E-state index contributed by atoms with van der Waals surface area (Å²) in [6, 6.07) is -1.49. The minimum Gasteiger partial charge on any atom is -0.354 e. The van der Waals surface area contributed by atoms with Crippen LogP contribution in [0, 0.1) is 0 Å². The Bertz CT molecular complexity index is 1010. The van der Waals surface area contributed by atoms with Crippen molar-refractivity contribution in [3.8, 4) is 0 Å². The Morgan fingerprint density at radius 2 is 0.943 bits per heavy atom. The number of amides is 4. The molecule has 0 aromatic heterocycles. The van der Waals surface area contributed by atoms with Gasteiger partial charge in [-0.25, -0.2) is 0 Å². The minimum absolute atomic E-state index is 0.0496. The fourth-order valence-corrected chi connectivity index (χ4v) is 8.12. The molecule has 9 heteroatoms. The molecule has 2 fully saturated rings. The lowest BCUT2D eigenvalue weighted by Crippen LogP contribution is -2.49. The molecule has 2 aliphatic rings. The Labute approximate surface area is 324 Å². The van der Waals surface area contributed by atoms with E-state index < -0.39 is 12.1 Å². The smallest absolute Gasteiger partial charge is 0.243 e. The maximum absolute atomic E-state index is 13.1. The van der Waals surface area contributed by atoms with E-state index in [1.807, 2.05) is 0 Å². The van der Waals surface area contributed by atoms with Crippen LogP contribution in [-0.2, 0) is 24.0 Å². The Balaban J connectivity index is 1.56. The average molecular weight is 745 g/mol. The van der Waals surface area contributed by atoms with E-state index in [1.165, 1.54) is 109 Å². The van der Waals surface area contributed by atoms with Crippen LogP contribution < -0.4 is 10.6 Å². The fourth-order valence-electron chi connectivity index (χ4n) is 8.12. The summed E-state index contributed by atoms with van der Waals surface area (Å²) in [7, 11) is 0. The second-order valence-corrected chi connectivity index (χ2v) is 16.1. The molecule has 2 heterocycles. The standard InChI is InChI=1S/C44H80N4O5/c1-3-5-7-9-11-13-15-17-19-21-23-32-41(50)47-35-27-30-39(47)43(52)45-34-26-25-29-38(37-49)46-44(53)40-31-28-36-48(40)42(51)33-24-22-20-18-16-14-12-10-8-6-4-2/h37-40H,3-36H2,1-2H3,(H,45,52)(H,46,53). The number of rotatable bonds is 33. The first-order chi connectivity index (χ1) is 25.9.